The molecular weight excluding hydrogens is 600 g/mol. The van der Waals surface area contributed by atoms with E-state index in [0.717, 1.165) is 23.8 Å². The van der Waals surface area contributed by atoms with Gasteiger partial charge in [0.05, 0.1) is 33.4 Å². The molecule has 0 bridgehead atoms. The molecule has 6 nitrogen and oxygen atoms in total. The summed E-state index contributed by atoms with van der Waals surface area (Å²) in [5.41, 5.74) is 0.791. The van der Waals surface area contributed by atoms with Gasteiger partial charge in [0, 0.05) is 5.02 Å². The molecule has 1 N–H and O–H groups in total. The fraction of sp³-hybridized carbons (Fsp3) is 0.138. The van der Waals surface area contributed by atoms with E-state index in [1.54, 1.807) is 36.4 Å². The van der Waals surface area contributed by atoms with Crippen LogP contribution < -0.4 is 14.4 Å². The first-order valence-corrected chi connectivity index (χ1v) is 14.3. The topological polar surface area (TPSA) is 75.7 Å². The van der Waals surface area contributed by atoms with Gasteiger partial charge in [0.15, 0.2) is 6.61 Å². The number of hydrogen-bond acceptors (Lipinski definition) is 4. The van der Waals surface area contributed by atoms with E-state index in [1.807, 2.05) is 6.92 Å². The third-order valence-electron chi connectivity index (χ3n) is 5.91. The molecule has 0 saturated carbocycles. The van der Waals surface area contributed by atoms with Crippen LogP contribution in [0.3, 0.4) is 0 Å². The predicted molar refractivity (Wildman–Crippen MR) is 153 cm³/mol. The zero-order valence-corrected chi connectivity index (χ0v) is 23.8. The smallest absolute Gasteiger partial charge is 0.416 e. The molecule has 0 unspecified atom stereocenters. The second-order valence-electron chi connectivity index (χ2n) is 8.97. The summed E-state index contributed by atoms with van der Waals surface area (Å²) in [6, 6.07) is 21.9. The minimum Gasteiger partial charge on any atom is -0.484 e. The highest BCUT2D eigenvalue weighted by Crippen LogP contribution is 2.34. The molecule has 0 spiro atoms. The van der Waals surface area contributed by atoms with Crippen LogP contribution in [-0.2, 0) is 27.5 Å². The van der Waals surface area contributed by atoms with Crippen LogP contribution in [0.1, 0.15) is 16.7 Å². The minimum absolute atomic E-state index is 0.0216. The summed E-state index contributed by atoms with van der Waals surface area (Å²) in [5, 5.41) is 2.76. The van der Waals surface area contributed by atoms with E-state index in [1.165, 1.54) is 40.7 Å². The van der Waals surface area contributed by atoms with Crippen molar-refractivity contribution in [1.29, 1.82) is 0 Å². The van der Waals surface area contributed by atoms with Crippen LogP contribution in [0, 0.1) is 6.92 Å². The third-order valence-corrected chi connectivity index (χ3v) is 8.28. The van der Waals surface area contributed by atoms with Gasteiger partial charge < -0.3 is 10.1 Å². The van der Waals surface area contributed by atoms with Gasteiger partial charge in [0.1, 0.15) is 5.75 Å². The summed E-state index contributed by atoms with van der Waals surface area (Å²) in [6.07, 6.45) is -4.60. The molecule has 4 aromatic carbocycles. The van der Waals surface area contributed by atoms with E-state index in [0.29, 0.717) is 16.3 Å². The molecular formula is C29H23Cl2F3N2O4S. The lowest BCUT2D eigenvalue weighted by Gasteiger charge is -2.25. The third kappa shape index (κ3) is 7.72. The summed E-state index contributed by atoms with van der Waals surface area (Å²) in [4.78, 5) is 12.5. The summed E-state index contributed by atoms with van der Waals surface area (Å²) in [7, 11) is -3.97. The first kappa shape index (κ1) is 30.2. The molecule has 0 saturated heterocycles. The highest BCUT2D eigenvalue weighted by Gasteiger charge is 2.31. The van der Waals surface area contributed by atoms with Crippen molar-refractivity contribution in [3.05, 3.63) is 118 Å². The van der Waals surface area contributed by atoms with Crippen LogP contribution in [0.2, 0.25) is 10.0 Å². The van der Waals surface area contributed by atoms with Crippen LogP contribution >= 0.6 is 23.2 Å². The number of carbonyl (C=O) groups is 1. The van der Waals surface area contributed by atoms with Crippen LogP contribution in [0.5, 0.6) is 5.75 Å². The molecule has 1 amide bonds. The summed E-state index contributed by atoms with van der Waals surface area (Å²) < 4.78 is 73.0. The van der Waals surface area contributed by atoms with Crippen LogP contribution in [-0.4, -0.2) is 20.9 Å². The molecule has 41 heavy (non-hydrogen) atoms. The molecule has 0 heterocycles. The maximum absolute atomic E-state index is 13.6. The van der Waals surface area contributed by atoms with Crippen molar-refractivity contribution in [2.45, 2.75) is 24.5 Å². The van der Waals surface area contributed by atoms with Gasteiger partial charge in [-0.2, -0.15) is 13.2 Å². The van der Waals surface area contributed by atoms with Gasteiger partial charge in [-0.3, -0.25) is 9.10 Å². The minimum atomic E-state index is -4.60. The number of halogens is 5. The number of anilines is 2. The Morgan fingerprint density at radius 1 is 0.902 bits per heavy atom. The number of rotatable bonds is 9. The second kappa shape index (κ2) is 12.4. The zero-order chi connectivity index (χ0) is 29.8. The highest BCUT2D eigenvalue weighted by molar-refractivity contribution is 7.92. The molecule has 0 aliphatic heterocycles. The lowest BCUT2D eigenvalue weighted by molar-refractivity contribution is -0.137. The van der Waals surface area contributed by atoms with Gasteiger partial charge in [-0.05, 0) is 79.2 Å². The largest absolute Gasteiger partial charge is 0.484 e. The van der Waals surface area contributed by atoms with Crippen molar-refractivity contribution in [1.82, 2.24) is 0 Å². The Labute approximate surface area is 245 Å². The number of carbonyl (C=O) groups excluding carboxylic acids is 1. The molecule has 4 aromatic rings. The summed E-state index contributed by atoms with van der Waals surface area (Å²) >= 11 is 11.9. The van der Waals surface area contributed by atoms with E-state index in [-0.39, 0.29) is 27.9 Å². The number of sulfonamides is 1. The van der Waals surface area contributed by atoms with Gasteiger partial charge in [-0.25, -0.2) is 8.42 Å². The van der Waals surface area contributed by atoms with Crippen molar-refractivity contribution in [3.63, 3.8) is 0 Å². The number of nitrogens with zero attached hydrogens (tertiary/aromatic N) is 1. The Bertz CT molecular complexity index is 1630. The Kier molecular flexibility index (Phi) is 9.16. The van der Waals surface area contributed by atoms with Crippen molar-refractivity contribution >= 4 is 50.5 Å². The number of ether oxygens (including phenoxy) is 1. The number of aryl methyl sites for hydroxylation is 1. The van der Waals surface area contributed by atoms with Gasteiger partial charge >= 0.3 is 6.18 Å². The first-order valence-electron chi connectivity index (χ1n) is 12.1. The maximum atomic E-state index is 13.6. The first-order chi connectivity index (χ1) is 19.3. The van der Waals surface area contributed by atoms with E-state index in [2.05, 4.69) is 5.32 Å². The number of hydrogen-bond donors (Lipinski definition) is 1. The lowest BCUT2D eigenvalue weighted by atomic mass is 10.2. The maximum Gasteiger partial charge on any atom is 0.416 e. The SMILES string of the molecule is Cc1ccc(S(=O)(=O)N(Cc2ccc(Cl)cc2)c2ccc(OCC(=O)Nc3cc(C(F)(F)F)ccc3Cl)cc2)cc1. The van der Waals surface area contributed by atoms with Gasteiger partial charge in [0.25, 0.3) is 15.9 Å². The second-order valence-corrected chi connectivity index (χ2v) is 11.7. The molecule has 0 atom stereocenters. The van der Waals surface area contributed by atoms with E-state index < -0.39 is 34.3 Å². The average molecular weight is 623 g/mol. The van der Waals surface area contributed by atoms with E-state index in [9.17, 15) is 26.4 Å². The van der Waals surface area contributed by atoms with Gasteiger partial charge in [0.2, 0.25) is 0 Å². The molecule has 0 aliphatic rings. The quantitative estimate of drug-likeness (QED) is 0.207. The van der Waals surface area contributed by atoms with Crippen molar-refractivity contribution in [2.24, 2.45) is 0 Å². The van der Waals surface area contributed by atoms with Gasteiger partial charge in [-0.1, -0.05) is 53.0 Å². The van der Waals surface area contributed by atoms with Crippen molar-refractivity contribution < 1.29 is 31.1 Å². The molecule has 214 valence electrons. The number of alkyl halides is 3. The van der Waals surface area contributed by atoms with Crippen molar-refractivity contribution in [3.8, 4) is 5.75 Å². The fourth-order valence-electron chi connectivity index (χ4n) is 3.75. The highest BCUT2D eigenvalue weighted by atomic mass is 35.5. The standard InChI is InChI=1S/C29H23Cl2F3N2O4S/c1-19-2-13-25(14-3-19)41(38,39)36(17-20-4-7-22(30)8-5-20)23-9-11-24(12-10-23)40-18-28(37)35-27-16-21(29(32,33)34)6-15-26(27)31/h2-16H,17-18H2,1H3,(H,35,37). The monoisotopic (exact) mass is 622 g/mol. The average Bonchev–Trinajstić information content (AvgIpc) is 2.92. The molecule has 0 aromatic heterocycles. The van der Waals surface area contributed by atoms with Crippen LogP contribution in [0.15, 0.2) is 95.9 Å². The molecule has 0 radical (unpaired) electrons. The molecule has 0 fully saturated rings. The van der Waals surface area contributed by atoms with Crippen molar-refractivity contribution in [2.75, 3.05) is 16.2 Å². The summed E-state index contributed by atoms with van der Waals surface area (Å²) in [6.45, 7) is 1.35. The number of benzene rings is 4. The van der Waals surface area contributed by atoms with Gasteiger partial charge in [-0.15, -0.1) is 0 Å². The Balaban J connectivity index is 1.50. The van der Waals surface area contributed by atoms with Crippen LogP contribution in [0.4, 0.5) is 24.5 Å². The van der Waals surface area contributed by atoms with E-state index >= 15 is 0 Å². The molecule has 12 heteroatoms. The lowest BCUT2D eigenvalue weighted by Crippen LogP contribution is -2.30. The predicted octanol–water partition coefficient (Wildman–Crippen LogP) is 7.73. The van der Waals surface area contributed by atoms with E-state index in [4.69, 9.17) is 27.9 Å². The molecule has 4 rings (SSSR count). The molecule has 0 aliphatic carbocycles. The van der Waals surface area contributed by atoms with Crippen LogP contribution in [0.25, 0.3) is 0 Å². The Hall–Kier alpha value is -3.73. The normalized spacial score (nSPS) is 11.7. The Morgan fingerprint density at radius 2 is 1.54 bits per heavy atom. The number of amides is 1. The zero-order valence-electron chi connectivity index (χ0n) is 21.5. The number of nitrogens with one attached hydrogen (secondary N) is 1. The Morgan fingerprint density at radius 3 is 2.15 bits per heavy atom. The summed E-state index contributed by atoms with van der Waals surface area (Å²) in [5.74, 6) is -0.500. The fourth-order valence-corrected chi connectivity index (χ4v) is 5.49.